The first-order valence-electron chi connectivity index (χ1n) is 12.4. The fourth-order valence-corrected chi connectivity index (χ4v) is 5.01. The molecule has 0 aliphatic rings. The highest BCUT2D eigenvalue weighted by atomic mass is 32.1. The van der Waals surface area contributed by atoms with Crippen LogP contribution in [0.15, 0.2) is 66.0 Å². The second-order valence-electron chi connectivity index (χ2n) is 8.93. The molecule has 0 unspecified atom stereocenters. The van der Waals surface area contributed by atoms with Crippen molar-refractivity contribution in [2.45, 2.75) is 19.6 Å². The lowest BCUT2D eigenvalue weighted by Crippen LogP contribution is -2.10. The zero-order valence-corrected chi connectivity index (χ0v) is 22.7. The van der Waals surface area contributed by atoms with Crippen molar-refractivity contribution in [1.82, 2.24) is 14.5 Å². The number of carbonyl (C=O) groups is 1. The number of carbonyl (C=O) groups excluding carboxylic acids is 1. The Bertz CT molecular complexity index is 1720. The smallest absolute Gasteiger partial charge is 0.337 e. The van der Waals surface area contributed by atoms with Crippen LogP contribution < -0.4 is 4.74 Å². The first-order valence-corrected chi connectivity index (χ1v) is 13.3. The molecule has 0 atom stereocenters. The van der Waals surface area contributed by atoms with Crippen molar-refractivity contribution in [3.63, 3.8) is 0 Å². The highest BCUT2D eigenvalue weighted by Crippen LogP contribution is 2.26. The standard InChI is InChI=1S/C30H25FN4O4S/c1-37-11-10-35-27-14-22(30(36)38-2)8-9-26(27)33-28(35)15-20-6-7-21(13-24(20)31)25-4-3-5-29(34-25)39-17-19-12-23(16-32)40-18-19/h3-9,12-14,18H,10-11,15,17H2,1-2H3. The first kappa shape index (κ1) is 27.0. The van der Waals surface area contributed by atoms with Crippen LogP contribution in [0.4, 0.5) is 4.39 Å². The van der Waals surface area contributed by atoms with E-state index in [2.05, 4.69) is 11.1 Å². The molecule has 3 aromatic heterocycles. The molecule has 8 nitrogen and oxygen atoms in total. The molecule has 0 aliphatic carbocycles. The monoisotopic (exact) mass is 556 g/mol. The summed E-state index contributed by atoms with van der Waals surface area (Å²) in [4.78, 5) is 21.9. The summed E-state index contributed by atoms with van der Waals surface area (Å²) in [6.45, 7) is 1.21. The van der Waals surface area contributed by atoms with Crippen LogP contribution in [0.2, 0.25) is 0 Å². The summed E-state index contributed by atoms with van der Waals surface area (Å²) >= 11 is 1.36. The number of halogens is 1. The minimum absolute atomic E-state index is 0.250. The number of pyridine rings is 1. The quantitative estimate of drug-likeness (QED) is 0.201. The third-order valence-corrected chi connectivity index (χ3v) is 7.22. The number of thiophene rings is 1. The Morgan fingerprint density at radius 1 is 1.10 bits per heavy atom. The number of fused-ring (bicyclic) bond motifs is 1. The number of benzene rings is 2. The molecule has 0 saturated heterocycles. The Balaban J connectivity index is 1.37. The molecule has 40 heavy (non-hydrogen) atoms. The van der Waals surface area contributed by atoms with Crippen LogP contribution in [0.3, 0.4) is 0 Å². The van der Waals surface area contributed by atoms with Crippen LogP contribution in [0.1, 0.15) is 32.2 Å². The number of ether oxygens (including phenoxy) is 3. The van der Waals surface area contributed by atoms with Gasteiger partial charge in [-0.15, -0.1) is 11.3 Å². The maximum atomic E-state index is 15.4. The maximum Gasteiger partial charge on any atom is 0.337 e. The Labute approximate surface area is 234 Å². The van der Waals surface area contributed by atoms with Gasteiger partial charge in [0, 0.05) is 37.3 Å². The summed E-state index contributed by atoms with van der Waals surface area (Å²) in [7, 11) is 2.94. The van der Waals surface area contributed by atoms with Crippen LogP contribution in [-0.4, -0.2) is 41.3 Å². The van der Waals surface area contributed by atoms with E-state index in [1.54, 1.807) is 55.6 Å². The van der Waals surface area contributed by atoms with Crippen molar-refractivity contribution in [3.8, 4) is 23.2 Å². The molecule has 0 bridgehead atoms. The molecular weight excluding hydrogens is 531 g/mol. The molecule has 3 heterocycles. The van der Waals surface area contributed by atoms with Crippen LogP contribution in [-0.2, 0) is 29.0 Å². The first-order chi connectivity index (χ1) is 19.5. The molecule has 2 aromatic carbocycles. The Morgan fingerprint density at radius 2 is 1.98 bits per heavy atom. The van der Waals surface area contributed by atoms with Gasteiger partial charge in [-0.3, -0.25) is 0 Å². The lowest BCUT2D eigenvalue weighted by molar-refractivity contribution is 0.0601. The van der Waals surface area contributed by atoms with Gasteiger partial charge in [0.15, 0.2) is 0 Å². The van der Waals surface area contributed by atoms with E-state index in [-0.39, 0.29) is 18.8 Å². The molecule has 0 fully saturated rings. The zero-order valence-electron chi connectivity index (χ0n) is 21.9. The van der Waals surface area contributed by atoms with Gasteiger partial charge in [-0.25, -0.2) is 19.2 Å². The number of hydrogen-bond donors (Lipinski definition) is 0. The van der Waals surface area contributed by atoms with E-state index in [9.17, 15) is 4.79 Å². The molecule has 202 valence electrons. The van der Waals surface area contributed by atoms with Crippen molar-refractivity contribution in [2.75, 3.05) is 20.8 Å². The Kier molecular flexibility index (Phi) is 8.15. The van der Waals surface area contributed by atoms with E-state index < -0.39 is 5.97 Å². The number of imidazole rings is 1. The van der Waals surface area contributed by atoms with Crippen LogP contribution in [0.25, 0.3) is 22.3 Å². The van der Waals surface area contributed by atoms with Crippen molar-refractivity contribution >= 4 is 28.3 Å². The molecule has 0 amide bonds. The van der Waals surface area contributed by atoms with Crippen LogP contribution in [0, 0.1) is 17.1 Å². The van der Waals surface area contributed by atoms with Gasteiger partial charge in [0.1, 0.15) is 29.2 Å². The second-order valence-corrected chi connectivity index (χ2v) is 9.84. The van der Waals surface area contributed by atoms with E-state index in [0.29, 0.717) is 57.6 Å². The predicted molar refractivity (Wildman–Crippen MR) is 149 cm³/mol. The molecule has 0 radical (unpaired) electrons. The normalized spacial score (nSPS) is 10.9. The molecule has 0 spiro atoms. The zero-order chi connectivity index (χ0) is 28.1. The van der Waals surface area contributed by atoms with Gasteiger partial charge in [0.05, 0.1) is 36.0 Å². The largest absolute Gasteiger partial charge is 0.473 e. The van der Waals surface area contributed by atoms with E-state index >= 15 is 4.39 Å². The average Bonchev–Trinajstić information content (AvgIpc) is 3.59. The van der Waals surface area contributed by atoms with E-state index in [4.69, 9.17) is 24.5 Å². The summed E-state index contributed by atoms with van der Waals surface area (Å²) < 4.78 is 33.2. The highest BCUT2D eigenvalue weighted by molar-refractivity contribution is 7.10. The summed E-state index contributed by atoms with van der Waals surface area (Å²) in [5.41, 5.74) is 4.42. The summed E-state index contributed by atoms with van der Waals surface area (Å²) in [5.74, 6) is 0.243. The summed E-state index contributed by atoms with van der Waals surface area (Å²) in [6, 6.07) is 19.4. The van der Waals surface area contributed by atoms with Crippen molar-refractivity contribution in [1.29, 1.82) is 5.26 Å². The molecule has 0 aliphatic heterocycles. The van der Waals surface area contributed by atoms with Gasteiger partial charge in [-0.05, 0) is 47.3 Å². The molecule has 0 saturated carbocycles. The fraction of sp³-hybridized carbons (Fsp3) is 0.200. The molecular formula is C30H25FN4O4S. The fourth-order valence-electron chi connectivity index (χ4n) is 4.33. The maximum absolute atomic E-state index is 15.4. The lowest BCUT2D eigenvalue weighted by atomic mass is 10.1. The minimum atomic E-state index is -0.438. The van der Waals surface area contributed by atoms with Gasteiger partial charge in [0.25, 0.3) is 0 Å². The third-order valence-electron chi connectivity index (χ3n) is 6.34. The number of rotatable bonds is 10. The van der Waals surface area contributed by atoms with Crippen LogP contribution in [0.5, 0.6) is 5.88 Å². The van der Waals surface area contributed by atoms with E-state index in [0.717, 1.165) is 11.1 Å². The van der Waals surface area contributed by atoms with Gasteiger partial charge < -0.3 is 18.8 Å². The Morgan fingerprint density at radius 3 is 2.73 bits per heavy atom. The second kappa shape index (κ2) is 12.1. The SMILES string of the molecule is COCCn1c(Cc2ccc(-c3cccc(OCc4csc(C#N)c4)n3)cc2F)nc2ccc(C(=O)OC)cc21. The van der Waals surface area contributed by atoms with Gasteiger partial charge in [-0.1, -0.05) is 18.2 Å². The summed E-state index contributed by atoms with van der Waals surface area (Å²) in [6.07, 6.45) is 0.250. The lowest BCUT2D eigenvalue weighted by Gasteiger charge is -2.11. The third kappa shape index (κ3) is 5.86. The molecule has 0 N–H and O–H groups in total. The van der Waals surface area contributed by atoms with Gasteiger partial charge >= 0.3 is 5.97 Å². The highest BCUT2D eigenvalue weighted by Gasteiger charge is 2.17. The Hall–Kier alpha value is -4.59. The van der Waals surface area contributed by atoms with E-state index in [1.165, 1.54) is 24.5 Å². The van der Waals surface area contributed by atoms with Crippen LogP contribution >= 0.6 is 11.3 Å². The van der Waals surface area contributed by atoms with Gasteiger partial charge in [0.2, 0.25) is 5.88 Å². The van der Waals surface area contributed by atoms with E-state index in [1.807, 2.05) is 16.0 Å². The number of hydrogen-bond acceptors (Lipinski definition) is 8. The number of nitriles is 1. The van der Waals surface area contributed by atoms with Crippen molar-refractivity contribution < 1.29 is 23.4 Å². The van der Waals surface area contributed by atoms with Gasteiger partial charge in [-0.2, -0.15) is 5.26 Å². The predicted octanol–water partition coefficient (Wildman–Crippen LogP) is 5.77. The number of nitrogens with zero attached hydrogens (tertiary/aromatic N) is 4. The topological polar surface area (TPSA) is 99.3 Å². The number of aromatic nitrogens is 3. The summed E-state index contributed by atoms with van der Waals surface area (Å²) in [5, 5.41) is 10.9. The molecule has 5 rings (SSSR count). The number of methoxy groups -OCH3 is 2. The molecule has 10 heteroatoms. The average molecular weight is 557 g/mol. The minimum Gasteiger partial charge on any atom is -0.473 e. The van der Waals surface area contributed by atoms with Crippen molar-refractivity contribution in [3.05, 3.63) is 99.3 Å². The number of esters is 1. The molecule has 5 aromatic rings. The van der Waals surface area contributed by atoms with Crippen molar-refractivity contribution in [2.24, 2.45) is 0 Å².